The molecule has 6 heteroatoms. The summed E-state index contributed by atoms with van der Waals surface area (Å²) in [4.78, 5) is 28.2. The van der Waals surface area contributed by atoms with Crippen LogP contribution in [0.4, 0.5) is 0 Å². The van der Waals surface area contributed by atoms with E-state index in [1.54, 1.807) is 0 Å². The van der Waals surface area contributed by atoms with Crippen LogP contribution in [0.5, 0.6) is 0 Å². The van der Waals surface area contributed by atoms with Crippen LogP contribution in [-0.2, 0) is 11.2 Å². The molecule has 124 valence electrons. The van der Waals surface area contributed by atoms with Gasteiger partial charge in [0.1, 0.15) is 5.69 Å². The maximum absolute atomic E-state index is 12.5. The minimum absolute atomic E-state index is 0.00819. The molecule has 1 aliphatic carbocycles. The van der Waals surface area contributed by atoms with Crippen molar-refractivity contribution >= 4 is 11.8 Å². The molecule has 1 spiro atoms. The fourth-order valence-electron chi connectivity index (χ4n) is 3.79. The van der Waals surface area contributed by atoms with Crippen molar-refractivity contribution in [1.82, 2.24) is 20.0 Å². The molecule has 1 N–H and O–H groups in total. The van der Waals surface area contributed by atoms with Gasteiger partial charge in [-0.2, -0.15) is 5.10 Å². The number of hydrogen-bond donors (Lipinski definition) is 1. The Balaban J connectivity index is 1.29. The minimum atomic E-state index is 0.00819. The van der Waals surface area contributed by atoms with Crippen molar-refractivity contribution in [3.8, 4) is 0 Å². The Morgan fingerprint density at radius 3 is 2.52 bits per heavy atom. The van der Waals surface area contributed by atoms with Crippen molar-refractivity contribution in [3.05, 3.63) is 17.5 Å². The molecule has 6 nitrogen and oxygen atoms in total. The van der Waals surface area contributed by atoms with Gasteiger partial charge in [0.15, 0.2) is 0 Å². The molecule has 3 aliphatic rings. The topological polar surface area (TPSA) is 69.3 Å². The first-order valence-corrected chi connectivity index (χ1v) is 8.58. The van der Waals surface area contributed by atoms with E-state index in [4.69, 9.17) is 0 Å². The van der Waals surface area contributed by atoms with Crippen LogP contribution in [0.15, 0.2) is 6.07 Å². The first-order chi connectivity index (χ1) is 11.0. The summed E-state index contributed by atoms with van der Waals surface area (Å²) in [6.45, 7) is 7.45. The second-order valence-corrected chi connectivity index (χ2v) is 8.01. The molecule has 2 aliphatic heterocycles. The van der Waals surface area contributed by atoms with E-state index in [2.05, 4.69) is 24.0 Å². The number of amides is 2. The molecule has 1 aromatic heterocycles. The lowest BCUT2D eigenvalue weighted by Gasteiger charge is -2.60. The van der Waals surface area contributed by atoms with Gasteiger partial charge in [-0.15, -0.1) is 0 Å². The van der Waals surface area contributed by atoms with Gasteiger partial charge in [-0.25, -0.2) is 0 Å². The average Bonchev–Trinajstić information content (AvgIpc) is 3.15. The highest BCUT2D eigenvalue weighted by atomic mass is 16.2. The number of hydrogen-bond acceptors (Lipinski definition) is 3. The van der Waals surface area contributed by atoms with E-state index in [9.17, 15) is 9.59 Å². The molecular formula is C17H24N4O2. The molecule has 2 saturated heterocycles. The number of aromatic nitrogens is 2. The highest BCUT2D eigenvalue weighted by Gasteiger charge is 2.55. The zero-order valence-electron chi connectivity index (χ0n) is 13.8. The smallest absolute Gasteiger partial charge is 0.274 e. The average molecular weight is 316 g/mol. The molecule has 4 rings (SSSR count). The van der Waals surface area contributed by atoms with Gasteiger partial charge in [-0.1, -0.05) is 13.8 Å². The zero-order valence-corrected chi connectivity index (χ0v) is 13.8. The van der Waals surface area contributed by atoms with Crippen molar-refractivity contribution < 1.29 is 9.59 Å². The van der Waals surface area contributed by atoms with Gasteiger partial charge in [0.2, 0.25) is 5.91 Å². The molecule has 2 amide bonds. The lowest BCUT2D eigenvalue weighted by molar-refractivity contribution is -0.155. The van der Waals surface area contributed by atoms with Crippen LogP contribution in [0, 0.1) is 17.3 Å². The molecule has 0 bridgehead atoms. The maximum Gasteiger partial charge on any atom is 0.274 e. The standard InChI is InChI=1S/C17H24N4O2/c1-11(2)5-13-6-14(19-18-13)16(23)21-9-17(10-21)7-20(8-17)15(22)12-3-4-12/h6,11-12H,3-5,7-10H2,1-2H3,(H,18,19). The lowest BCUT2D eigenvalue weighted by atomic mass is 9.72. The van der Waals surface area contributed by atoms with E-state index >= 15 is 0 Å². The van der Waals surface area contributed by atoms with Crippen molar-refractivity contribution in [1.29, 1.82) is 0 Å². The molecule has 0 aromatic carbocycles. The van der Waals surface area contributed by atoms with Gasteiger partial charge in [0, 0.05) is 43.2 Å². The molecule has 3 heterocycles. The Bertz CT molecular complexity index is 633. The summed E-state index contributed by atoms with van der Waals surface area (Å²) in [7, 11) is 0. The molecule has 23 heavy (non-hydrogen) atoms. The number of nitrogens with one attached hydrogen (secondary N) is 1. The van der Waals surface area contributed by atoms with E-state index in [0.29, 0.717) is 23.4 Å². The first kappa shape index (κ1) is 14.7. The van der Waals surface area contributed by atoms with Crippen molar-refractivity contribution in [2.75, 3.05) is 26.2 Å². The monoisotopic (exact) mass is 316 g/mol. The van der Waals surface area contributed by atoms with E-state index in [1.165, 1.54) is 0 Å². The van der Waals surface area contributed by atoms with E-state index in [1.807, 2.05) is 15.9 Å². The van der Waals surface area contributed by atoms with Crippen LogP contribution in [0.1, 0.15) is 42.9 Å². The van der Waals surface area contributed by atoms with E-state index < -0.39 is 0 Å². The zero-order chi connectivity index (χ0) is 16.2. The molecule has 1 saturated carbocycles. The third-order valence-electron chi connectivity index (χ3n) is 5.11. The Hall–Kier alpha value is -1.85. The largest absolute Gasteiger partial charge is 0.341 e. The highest BCUT2D eigenvalue weighted by molar-refractivity contribution is 5.93. The van der Waals surface area contributed by atoms with Gasteiger partial charge in [0.25, 0.3) is 5.91 Å². The Labute approximate surface area is 136 Å². The van der Waals surface area contributed by atoms with Gasteiger partial charge < -0.3 is 9.80 Å². The molecule has 3 fully saturated rings. The predicted molar refractivity (Wildman–Crippen MR) is 84.8 cm³/mol. The maximum atomic E-state index is 12.5. The van der Waals surface area contributed by atoms with Crippen LogP contribution in [0.3, 0.4) is 0 Å². The Kier molecular flexibility index (Phi) is 3.25. The number of likely N-dealkylation sites (tertiary alicyclic amines) is 2. The summed E-state index contributed by atoms with van der Waals surface area (Å²) in [5.41, 5.74) is 1.70. The number of nitrogens with zero attached hydrogens (tertiary/aromatic N) is 3. The van der Waals surface area contributed by atoms with Crippen LogP contribution in [0.2, 0.25) is 0 Å². The SMILES string of the molecule is CC(C)Cc1cc(C(=O)N2CC3(C2)CN(C(=O)C2CC2)C3)n[nH]1. The van der Waals surface area contributed by atoms with Crippen LogP contribution in [-0.4, -0.2) is 58.0 Å². The van der Waals surface area contributed by atoms with Crippen LogP contribution in [0.25, 0.3) is 0 Å². The van der Waals surface area contributed by atoms with Crippen molar-refractivity contribution in [2.45, 2.75) is 33.1 Å². The quantitative estimate of drug-likeness (QED) is 0.910. The number of aromatic amines is 1. The molecule has 0 atom stereocenters. The number of carbonyl (C=O) groups is 2. The highest BCUT2D eigenvalue weighted by Crippen LogP contribution is 2.43. The minimum Gasteiger partial charge on any atom is -0.341 e. The van der Waals surface area contributed by atoms with Crippen LogP contribution >= 0.6 is 0 Å². The predicted octanol–water partition coefficient (Wildman–Crippen LogP) is 1.30. The number of carbonyl (C=O) groups excluding carboxylic acids is 2. The summed E-state index contributed by atoms with van der Waals surface area (Å²) in [6, 6.07) is 1.87. The Morgan fingerprint density at radius 2 is 1.91 bits per heavy atom. The van der Waals surface area contributed by atoms with Gasteiger partial charge >= 0.3 is 0 Å². The summed E-state index contributed by atoms with van der Waals surface area (Å²) in [5.74, 6) is 1.17. The normalized spacial score (nSPS) is 22.2. The lowest BCUT2D eigenvalue weighted by Crippen LogP contribution is -2.73. The molecular weight excluding hydrogens is 292 g/mol. The molecule has 0 radical (unpaired) electrons. The second-order valence-electron chi connectivity index (χ2n) is 8.01. The van der Waals surface area contributed by atoms with Gasteiger partial charge in [-0.05, 0) is 31.2 Å². The van der Waals surface area contributed by atoms with Crippen molar-refractivity contribution in [2.24, 2.45) is 17.3 Å². The fraction of sp³-hybridized carbons (Fsp3) is 0.706. The van der Waals surface area contributed by atoms with Crippen LogP contribution < -0.4 is 0 Å². The Morgan fingerprint density at radius 1 is 1.26 bits per heavy atom. The summed E-state index contributed by atoms with van der Waals surface area (Å²) in [5, 5.41) is 7.12. The van der Waals surface area contributed by atoms with Gasteiger partial charge in [-0.3, -0.25) is 14.7 Å². The number of rotatable bonds is 4. The number of H-pyrrole nitrogens is 1. The second kappa shape index (κ2) is 5.08. The molecule has 0 unspecified atom stereocenters. The third-order valence-corrected chi connectivity index (χ3v) is 5.11. The summed E-state index contributed by atoms with van der Waals surface area (Å²) >= 11 is 0. The van der Waals surface area contributed by atoms with Gasteiger partial charge in [0.05, 0.1) is 0 Å². The van der Waals surface area contributed by atoms with Crippen molar-refractivity contribution in [3.63, 3.8) is 0 Å². The summed E-state index contributed by atoms with van der Waals surface area (Å²) in [6.07, 6.45) is 3.03. The first-order valence-electron chi connectivity index (χ1n) is 8.58. The molecule has 1 aromatic rings. The fourth-order valence-corrected chi connectivity index (χ4v) is 3.79. The third kappa shape index (κ3) is 2.64. The van der Waals surface area contributed by atoms with E-state index in [0.717, 1.165) is 51.1 Å². The summed E-state index contributed by atoms with van der Waals surface area (Å²) < 4.78 is 0. The van der Waals surface area contributed by atoms with E-state index in [-0.39, 0.29) is 11.3 Å².